The Morgan fingerprint density at radius 3 is 2.75 bits per heavy atom. The molecule has 0 fully saturated rings. The number of thiazole rings is 1. The molecule has 1 heterocycles. The van der Waals surface area contributed by atoms with Crippen molar-refractivity contribution >= 4 is 11.3 Å². The van der Waals surface area contributed by atoms with Crippen molar-refractivity contribution in [3.8, 4) is 28.1 Å². The van der Waals surface area contributed by atoms with Gasteiger partial charge in [-0.05, 0) is 31.5 Å². The maximum Gasteiger partial charge on any atom is 0.161 e. The summed E-state index contributed by atoms with van der Waals surface area (Å²) >= 11 is 1.39. The third-order valence-corrected chi connectivity index (χ3v) is 3.88. The summed E-state index contributed by atoms with van der Waals surface area (Å²) in [4.78, 5) is 5.06. The number of aromatic nitrogens is 1. The number of hydrogen-bond acceptors (Lipinski definition) is 5. The van der Waals surface area contributed by atoms with E-state index in [9.17, 15) is 0 Å². The average molecular weight is 288 g/mol. The van der Waals surface area contributed by atoms with Crippen LogP contribution in [0, 0.1) is 18.3 Å². The van der Waals surface area contributed by atoms with Crippen LogP contribution in [0.1, 0.15) is 23.9 Å². The Bertz CT molecular complexity index is 644. The van der Waals surface area contributed by atoms with E-state index >= 15 is 0 Å². The summed E-state index contributed by atoms with van der Waals surface area (Å²) in [6.45, 7) is 4.56. The van der Waals surface area contributed by atoms with Crippen molar-refractivity contribution in [3.05, 3.63) is 28.8 Å². The minimum Gasteiger partial charge on any atom is -0.493 e. The van der Waals surface area contributed by atoms with Crippen molar-refractivity contribution < 1.29 is 9.47 Å². The van der Waals surface area contributed by atoms with Crippen molar-refractivity contribution in [2.24, 2.45) is 0 Å². The van der Waals surface area contributed by atoms with E-state index in [1.165, 1.54) is 11.3 Å². The summed E-state index contributed by atoms with van der Waals surface area (Å²) in [6, 6.07) is 7.87. The first kappa shape index (κ1) is 14.4. The summed E-state index contributed by atoms with van der Waals surface area (Å²) in [5.74, 6) is 1.41. The van der Waals surface area contributed by atoms with Gasteiger partial charge in [0, 0.05) is 5.56 Å². The van der Waals surface area contributed by atoms with Crippen LogP contribution < -0.4 is 9.47 Å². The number of aryl methyl sites for hydroxylation is 1. The second-order valence-electron chi connectivity index (χ2n) is 4.26. The van der Waals surface area contributed by atoms with E-state index in [2.05, 4.69) is 18.0 Å². The van der Waals surface area contributed by atoms with Gasteiger partial charge in [0.1, 0.15) is 16.0 Å². The smallest absolute Gasteiger partial charge is 0.161 e. The summed E-state index contributed by atoms with van der Waals surface area (Å²) in [7, 11) is 1.62. The van der Waals surface area contributed by atoms with Crippen molar-refractivity contribution in [1.82, 2.24) is 4.98 Å². The Morgan fingerprint density at radius 1 is 1.35 bits per heavy atom. The molecule has 0 radical (unpaired) electrons. The Labute approximate surface area is 122 Å². The number of hydrogen-bond donors (Lipinski definition) is 0. The van der Waals surface area contributed by atoms with Crippen LogP contribution >= 0.6 is 11.3 Å². The van der Waals surface area contributed by atoms with Crippen molar-refractivity contribution in [1.29, 1.82) is 5.26 Å². The molecule has 0 amide bonds. The minimum atomic E-state index is 0.644. The zero-order valence-corrected chi connectivity index (χ0v) is 12.6. The quantitative estimate of drug-likeness (QED) is 0.840. The van der Waals surface area contributed by atoms with Crippen molar-refractivity contribution in [2.45, 2.75) is 20.3 Å². The van der Waals surface area contributed by atoms with E-state index in [1.807, 2.05) is 25.1 Å². The molecule has 1 aromatic heterocycles. The second kappa shape index (κ2) is 6.40. The fourth-order valence-corrected chi connectivity index (χ4v) is 2.62. The number of benzene rings is 1. The predicted molar refractivity (Wildman–Crippen MR) is 79.3 cm³/mol. The van der Waals surface area contributed by atoms with Crippen molar-refractivity contribution in [2.75, 3.05) is 13.7 Å². The molecule has 20 heavy (non-hydrogen) atoms. The lowest BCUT2D eigenvalue weighted by Crippen LogP contribution is -1.97. The van der Waals surface area contributed by atoms with E-state index in [0.717, 1.165) is 28.4 Å². The maximum atomic E-state index is 9.00. The first-order chi connectivity index (χ1) is 9.69. The Hall–Kier alpha value is -2.06. The number of methoxy groups -OCH3 is 1. The van der Waals surface area contributed by atoms with Gasteiger partial charge in [-0.15, -0.1) is 11.3 Å². The lowest BCUT2D eigenvalue weighted by molar-refractivity contribution is 0.294. The lowest BCUT2D eigenvalue weighted by atomic mass is 10.2. The zero-order chi connectivity index (χ0) is 14.5. The van der Waals surface area contributed by atoms with Crippen LogP contribution in [0.5, 0.6) is 11.5 Å². The number of rotatable bonds is 5. The van der Waals surface area contributed by atoms with Gasteiger partial charge in [-0.3, -0.25) is 0 Å². The SMILES string of the molecule is CCCOc1ccc(-c2nc(C)c(C#N)s2)cc1OC. The summed E-state index contributed by atoms with van der Waals surface area (Å²) < 4.78 is 11.0. The lowest BCUT2D eigenvalue weighted by Gasteiger charge is -2.10. The molecule has 0 aliphatic rings. The fourth-order valence-electron chi connectivity index (χ4n) is 1.76. The Kier molecular flexibility index (Phi) is 4.59. The van der Waals surface area contributed by atoms with Crippen LogP contribution in [-0.4, -0.2) is 18.7 Å². The van der Waals surface area contributed by atoms with Gasteiger partial charge < -0.3 is 9.47 Å². The highest BCUT2D eigenvalue weighted by atomic mass is 32.1. The van der Waals surface area contributed by atoms with Gasteiger partial charge >= 0.3 is 0 Å². The molecule has 0 aliphatic carbocycles. The second-order valence-corrected chi connectivity index (χ2v) is 5.26. The standard InChI is InChI=1S/C15H16N2O2S/c1-4-7-19-12-6-5-11(8-13(12)18-3)15-17-10(2)14(9-16)20-15/h5-6,8H,4,7H2,1-3H3. The van der Waals surface area contributed by atoms with Crippen LogP contribution in [0.25, 0.3) is 10.6 Å². The van der Waals surface area contributed by atoms with E-state index in [0.29, 0.717) is 17.2 Å². The Balaban J connectivity index is 2.35. The molecule has 0 N–H and O–H groups in total. The molecule has 0 atom stereocenters. The van der Waals surface area contributed by atoms with Gasteiger partial charge in [0.15, 0.2) is 11.5 Å². The molecule has 0 bridgehead atoms. The van der Waals surface area contributed by atoms with Crippen LogP contribution in [0.4, 0.5) is 0 Å². The Morgan fingerprint density at radius 2 is 2.15 bits per heavy atom. The van der Waals surface area contributed by atoms with Gasteiger partial charge in [-0.25, -0.2) is 4.98 Å². The molecule has 0 unspecified atom stereocenters. The molecule has 0 aliphatic heterocycles. The number of ether oxygens (including phenoxy) is 2. The molecule has 104 valence electrons. The van der Waals surface area contributed by atoms with E-state index in [-0.39, 0.29) is 0 Å². The maximum absolute atomic E-state index is 9.00. The van der Waals surface area contributed by atoms with E-state index < -0.39 is 0 Å². The largest absolute Gasteiger partial charge is 0.493 e. The third kappa shape index (κ3) is 2.91. The molecular formula is C15H16N2O2S. The van der Waals surface area contributed by atoms with Gasteiger partial charge in [0.2, 0.25) is 0 Å². The summed E-state index contributed by atoms with van der Waals surface area (Å²) in [5.41, 5.74) is 1.69. The molecule has 0 saturated heterocycles. The van der Waals surface area contributed by atoms with Gasteiger partial charge in [-0.2, -0.15) is 5.26 Å². The summed E-state index contributed by atoms with van der Waals surface area (Å²) in [5, 5.41) is 9.82. The topological polar surface area (TPSA) is 55.1 Å². The fraction of sp³-hybridized carbons (Fsp3) is 0.333. The molecule has 4 nitrogen and oxygen atoms in total. The molecule has 0 saturated carbocycles. The molecule has 1 aromatic carbocycles. The molecule has 2 rings (SSSR count). The highest BCUT2D eigenvalue weighted by Crippen LogP contribution is 2.35. The summed E-state index contributed by atoms with van der Waals surface area (Å²) in [6.07, 6.45) is 0.947. The zero-order valence-electron chi connectivity index (χ0n) is 11.8. The highest BCUT2D eigenvalue weighted by Gasteiger charge is 2.12. The van der Waals surface area contributed by atoms with Crippen LogP contribution in [0.3, 0.4) is 0 Å². The minimum absolute atomic E-state index is 0.644. The van der Waals surface area contributed by atoms with E-state index in [1.54, 1.807) is 7.11 Å². The van der Waals surface area contributed by atoms with Crippen LogP contribution in [0.2, 0.25) is 0 Å². The molecule has 5 heteroatoms. The van der Waals surface area contributed by atoms with Gasteiger partial charge in [-0.1, -0.05) is 6.92 Å². The monoisotopic (exact) mass is 288 g/mol. The predicted octanol–water partition coefficient (Wildman–Crippen LogP) is 3.79. The molecular weight excluding hydrogens is 272 g/mol. The van der Waals surface area contributed by atoms with Crippen LogP contribution in [-0.2, 0) is 0 Å². The molecule has 0 spiro atoms. The van der Waals surface area contributed by atoms with Gasteiger partial charge in [0.05, 0.1) is 19.4 Å². The highest BCUT2D eigenvalue weighted by molar-refractivity contribution is 7.15. The first-order valence-corrected chi connectivity index (χ1v) is 7.20. The van der Waals surface area contributed by atoms with Crippen LogP contribution in [0.15, 0.2) is 18.2 Å². The normalized spacial score (nSPS) is 10.1. The molecule has 2 aromatic rings. The number of nitrogens with zero attached hydrogens (tertiary/aromatic N) is 2. The number of nitriles is 1. The first-order valence-electron chi connectivity index (χ1n) is 6.38. The van der Waals surface area contributed by atoms with Crippen molar-refractivity contribution in [3.63, 3.8) is 0 Å². The van der Waals surface area contributed by atoms with Gasteiger partial charge in [0.25, 0.3) is 0 Å². The van der Waals surface area contributed by atoms with E-state index in [4.69, 9.17) is 14.7 Å². The third-order valence-electron chi connectivity index (χ3n) is 2.77. The average Bonchev–Trinajstić information content (AvgIpc) is 2.86.